The summed E-state index contributed by atoms with van der Waals surface area (Å²) in [5, 5.41) is 12.4. The number of aromatic carboxylic acids is 1. The van der Waals surface area contributed by atoms with Crippen LogP contribution >= 0.6 is 11.8 Å². The van der Waals surface area contributed by atoms with Crippen LogP contribution in [0.5, 0.6) is 0 Å². The van der Waals surface area contributed by atoms with Gasteiger partial charge >= 0.3 is 5.97 Å². The average molecular weight is 241 g/mol. The van der Waals surface area contributed by atoms with Crippen molar-refractivity contribution in [3.63, 3.8) is 0 Å². The summed E-state index contributed by atoms with van der Waals surface area (Å²) in [5.74, 6) is -0.554. The second kappa shape index (κ2) is 6.32. The average Bonchev–Trinajstić information content (AvgIpc) is 2.29. The van der Waals surface area contributed by atoms with Crippen molar-refractivity contribution in [1.29, 1.82) is 0 Å². The van der Waals surface area contributed by atoms with Gasteiger partial charge in [0.1, 0.15) is 5.82 Å². The van der Waals surface area contributed by atoms with Crippen LogP contribution in [0, 0.1) is 0 Å². The van der Waals surface area contributed by atoms with Crippen LogP contribution in [-0.4, -0.2) is 39.1 Å². The number of hydrogen-bond acceptors (Lipinski definition) is 5. The molecule has 0 radical (unpaired) electrons. The second-order valence-corrected chi connectivity index (χ2v) is 4.63. The molecule has 1 aromatic rings. The lowest BCUT2D eigenvalue weighted by Gasteiger charge is -2.09. The van der Waals surface area contributed by atoms with Crippen molar-refractivity contribution in [2.24, 2.45) is 0 Å². The van der Waals surface area contributed by atoms with Crippen LogP contribution in [0.4, 0.5) is 5.82 Å². The number of hydrogen-bond donors (Lipinski definition) is 2. The van der Waals surface area contributed by atoms with E-state index in [4.69, 9.17) is 5.11 Å². The molecule has 0 aliphatic heterocycles. The van der Waals surface area contributed by atoms with E-state index >= 15 is 0 Å². The van der Waals surface area contributed by atoms with Crippen LogP contribution in [0.1, 0.15) is 23.8 Å². The van der Waals surface area contributed by atoms with Crippen molar-refractivity contribution in [3.05, 3.63) is 18.1 Å². The van der Waals surface area contributed by atoms with Gasteiger partial charge in [0.15, 0.2) is 5.69 Å². The maximum Gasteiger partial charge on any atom is 0.356 e. The van der Waals surface area contributed by atoms with Crippen molar-refractivity contribution >= 4 is 23.5 Å². The van der Waals surface area contributed by atoms with Gasteiger partial charge in [-0.2, -0.15) is 11.8 Å². The fourth-order valence-electron chi connectivity index (χ4n) is 1.08. The lowest BCUT2D eigenvalue weighted by Crippen LogP contribution is -2.10. The highest BCUT2D eigenvalue weighted by atomic mass is 32.2. The van der Waals surface area contributed by atoms with E-state index in [1.807, 2.05) is 0 Å². The van der Waals surface area contributed by atoms with Crippen LogP contribution in [0.25, 0.3) is 0 Å². The van der Waals surface area contributed by atoms with Crippen molar-refractivity contribution < 1.29 is 9.90 Å². The molecule has 1 heterocycles. The Morgan fingerprint density at radius 1 is 1.62 bits per heavy atom. The van der Waals surface area contributed by atoms with Gasteiger partial charge in [-0.05, 0) is 12.7 Å². The van der Waals surface area contributed by atoms with E-state index in [-0.39, 0.29) is 5.69 Å². The number of anilines is 1. The van der Waals surface area contributed by atoms with Gasteiger partial charge in [0.05, 0.1) is 12.4 Å². The number of carbonyl (C=O) groups is 1. The lowest BCUT2D eigenvalue weighted by molar-refractivity contribution is 0.0690. The molecule has 1 aromatic heterocycles. The molecule has 0 aromatic carbocycles. The van der Waals surface area contributed by atoms with Crippen LogP contribution in [0.3, 0.4) is 0 Å². The lowest BCUT2D eigenvalue weighted by atomic mass is 10.3. The van der Waals surface area contributed by atoms with Gasteiger partial charge in [0.2, 0.25) is 0 Å². The van der Waals surface area contributed by atoms with E-state index in [2.05, 4.69) is 28.5 Å². The number of aromatic nitrogens is 2. The van der Waals surface area contributed by atoms with Crippen molar-refractivity contribution in [2.75, 3.05) is 18.1 Å². The third kappa shape index (κ3) is 4.06. The minimum absolute atomic E-state index is 0.0390. The van der Waals surface area contributed by atoms with Gasteiger partial charge in [0.25, 0.3) is 0 Å². The second-order valence-electron chi connectivity index (χ2n) is 3.36. The van der Waals surface area contributed by atoms with Gasteiger partial charge in [0, 0.05) is 11.8 Å². The summed E-state index contributed by atoms with van der Waals surface area (Å²) in [4.78, 5) is 18.4. The van der Waals surface area contributed by atoms with E-state index < -0.39 is 5.97 Å². The summed E-state index contributed by atoms with van der Waals surface area (Å²) in [5.41, 5.74) is -0.0390. The van der Waals surface area contributed by atoms with Crippen LogP contribution in [0.2, 0.25) is 0 Å². The van der Waals surface area contributed by atoms with Gasteiger partial charge < -0.3 is 10.4 Å². The Morgan fingerprint density at radius 2 is 2.38 bits per heavy atom. The monoisotopic (exact) mass is 241 g/mol. The molecule has 16 heavy (non-hydrogen) atoms. The van der Waals surface area contributed by atoms with E-state index in [9.17, 15) is 4.79 Å². The van der Waals surface area contributed by atoms with Crippen molar-refractivity contribution in [2.45, 2.75) is 18.6 Å². The summed E-state index contributed by atoms with van der Waals surface area (Å²) in [6, 6.07) is 0. The number of thioether (sulfide) groups is 1. The molecule has 1 unspecified atom stereocenters. The van der Waals surface area contributed by atoms with E-state index in [0.717, 1.165) is 13.0 Å². The SMILES string of the molecule is CSC(C)CCNc1cncc(C(=O)O)n1. The molecule has 5 nitrogen and oxygen atoms in total. The fraction of sp³-hybridized carbons (Fsp3) is 0.500. The predicted octanol–water partition coefficient (Wildman–Crippen LogP) is 1.73. The smallest absolute Gasteiger partial charge is 0.356 e. The van der Waals surface area contributed by atoms with Gasteiger partial charge in [-0.15, -0.1) is 0 Å². The Morgan fingerprint density at radius 3 is 3.00 bits per heavy atom. The first kappa shape index (κ1) is 12.8. The molecule has 0 bridgehead atoms. The minimum Gasteiger partial charge on any atom is -0.476 e. The van der Waals surface area contributed by atoms with Crippen molar-refractivity contribution in [1.82, 2.24) is 9.97 Å². The number of nitrogens with one attached hydrogen (secondary N) is 1. The Bertz CT molecular complexity index is 360. The number of carboxylic acids is 1. The maximum atomic E-state index is 10.6. The highest BCUT2D eigenvalue weighted by Gasteiger charge is 2.06. The van der Waals surface area contributed by atoms with Gasteiger partial charge in [-0.1, -0.05) is 6.92 Å². The summed E-state index contributed by atoms with van der Waals surface area (Å²) >= 11 is 1.80. The first-order valence-corrected chi connectivity index (χ1v) is 6.24. The van der Waals surface area contributed by atoms with E-state index in [1.165, 1.54) is 12.4 Å². The van der Waals surface area contributed by atoms with Crippen LogP contribution in [-0.2, 0) is 0 Å². The third-order valence-electron chi connectivity index (χ3n) is 2.11. The number of rotatable bonds is 6. The molecule has 1 atom stereocenters. The molecule has 2 N–H and O–H groups in total. The summed E-state index contributed by atoms with van der Waals surface area (Å²) in [6.07, 6.45) is 5.82. The zero-order valence-corrected chi connectivity index (χ0v) is 10.1. The Hall–Kier alpha value is -1.30. The first-order chi connectivity index (χ1) is 7.63. The predicted molar refractivity (Wildman–Crippen MR) is 65.1 cm³/mol. The summed E-state index contributed by atoms with van der Waals surface area (Å²) in [7, 11) is 0. The molecule has 0 aliphatic carbocycles. The zero-order chi connectivity index (χ0) is 12.0. The van der Waals surface area contributed by atoms with Crippen LogP contribution < -0.4 is 5.32 Å². The molecule has 0 saturated carbocycles. The molecule has 0 saturated heterocycles. The Balaban J connectivity index is 2.48. The first-order valence-electron chi connectivity index (χ1n) is 4.95. The molecule has 0 spiro atoms. The standard InChI is InChI=1S/C10H15N3O2S/c1-7(16-2)3-4-12-9-6-11-5-8(13-9)10(14)15/h5-7H,3-4H2,1-2H3,(H,12,13)(H,14,15). The summed E-state index contributed by atoms with van der Waals surface area (Å²) < 4.78 is 0. The largest absolute Gasteiger partial charge is 0.476 e. The highest BCUT2D eigenvalue weighted by molar-refractivity contribution is 7.99. The third-order valence-corrected chi connectivity index (χ3v) is 3.15. The molecular weight excluding hydrogens is 226 g/mol. The maximum absolute atomic E-state index is 10.6. The molecule has 6 heteroatoms. The normalized spacial score (nSPS) is 12.1. The highest BCUT2D eigenvalue weighted by Crippen LogP contribution is 2.10. The molecular formula is C10H15N3O2S. The quantitative estimate of drug-likeness (QED) is 0.790. The Labute approximate surface area is 98.7 Å². The zero-order valence-electron chi connectivity index (χ0n) is 9.30. The summed E-state index contributed by atoms with van der Waals surface area (Å²) in [6.45, 7) is 2.91. The van der Waals surface area contributed by atoms with Crippen LogP contribution in [0.15, 0.2) is 12.4 Å². The topological polar surface area (TPSA) is 75.1 Å². The van der Waals surface area contributed by atoms with Gasteiger partial charge in [-0.3, -0.25) is 4.98 Å². The van der Waals surface area contributed by atoms with E-state index in [1.54, 1.807) is 11.8 Å². The molecule has 0 fully saturated rings. The molecule has 1 rings (SSSR count). The molecule has 88 valence electrons. The van der Waals surface area contributed by atoms with Gasteiger partial charge in [-0.25, -0.2) is 9.78 Å². The number of carboxylic acid groups (broad SMARTS) is 1. The van der Waals surface area contributed by atoms with E-state index in [0.29, 0.717) is 11.1 Å². The number of nitrogens with zero attached hydrogens (tertiary/aromatic N) is 2. The Kier molecular flexibility index (Phi) is 5.04. The van der Waals surface area contributed by atoms with Crippen molar-refractivity contribution in [3.8, 4) is 0 Å². The minimum atomic E-state index is -1.06. The molecule has 0 aliphatic rings. The molecule has 0 amide bonds. The fourth-order valence-corrected chi connectivity index (χ4v) is 1.43.